The molecule has 0 spiro atoms. The Morgan fingerprint density at radius 1 is 0.660 bits per heavy atom. The third-order valence-electron chi connectivity index (χ3n) is 11.3. The lowest BCUT2D eigenvalue weighted by Crippen LogP contribution is -2.37. The first-order valence-electron chi connectivity index (χ1n) is 18.4. The Morgan fingerprint density at radius 3 is 1.90 bits per heavy atom. The number of benzene rings is 5. The Balaban J connectivity index is 1.34. The van der Waals surface area contributed by atoms with E-state index < -0.39 is 5.41 Å². The van der Waals surface area contributed by atoms with E-state index in [0.717, 1.165) is 53.9 Å². The summed E-state index contributed by atoms with van der Waals surface area (Å²) in [6.45, 7) is 11.2. The van der Waals surface area contributed by atoms with Crippen LogP contribution < -0.4 is 0 Å². The zero-order chi connectivity index (χ0) is 34.7. The summed E-state index contributed by atoms with van der Waals surface area (Å²) in [5.41, 5.74) is 8.43. The van der Waals surface area contributed by atoms with Crippen LogP contribution in [0.2, 0.25) is 0 Å². The van der Waals surface area contributed by atoms with E-state index >= 15 is 0 Å². The molecule has 1 saturated carbocycles. The van der Waals surface area contributed by atoms with Crippen molar-refractivity contribution in [3.8, 4) is 5.75 Å². The molecule has 1 aromatic heterocycles. The lowest BCUT2D eigenvalue weighted by atomic mass is 9.72. The van der Waals surface area contributed by atoms with Crippen LogP contribution in [-0.2, 0) is 30.5 Å². The molecule has 256 valence electrons. The molecule has 5 aromatic carbocycles. The van der Waals surface area contributed by atoms with Gasteiger partial charge in [0.25, 0.3) is 0 Å². The smallest absolute Gasteiger partial charge is 0.124 e. The van der Waals surface area contributed by atoms with Gasteiger partial charge in [-0.1, -0.05) is 156 Å². The van der Waals surface area contributed by atoms with Crippen LogP contribution in [0, 0.1) is 0 Å². The van der Waals surface area contributed by atoms with Crippen molar-refractivity contribution in [3.05, 3.63) is 167 Å². The maximum atomic E-state index is 12.4. The van der Waals surface area contributed by atoms with Crippen molar-refractivity contribution in [3.63, 3.8) is 0 Å². The Hall–Kier alpha value is -4.67. The van der Waals surface area contributed by atoms with Crippen molar-refractivity contribution in [1.82, 2.24) is 14.5 Å². The van der Waals surface area contributed by atoms with Crippen LogP contribution >= 0.6 is 0 Å². The molecule has 7 rings (SSSR count). The molecule has 4 nitrogen and oxygen atoms in total. The fourth-order valence-electron chi connectivity index (χ4n) is 8.03. The molecule has 6 aromatic rings. The average Bonchev–Trinajstić information content (AvgIpc) is 3.49. The fourth-order valence-corrected chi connectivity index (χ4v) is 8.03. The van der Waals surface area contributed by atoms with E-state index in [4.69, 9.17) is 4.98 Å². The summed E-state index contributed by atoms with van der Waals surface area (Å²) >= 11 is 0. The molecule has 0 amide bonds. The number of para-hydroxylation sites is 2. The van der Waals surface area contributed by atoms with Gasteiger partial charge in [0.15, 0.2) is 0 Å². The summed E-state index contributed by atoms with van der Waals surface area (Å²) in [6, 6.07) is 45.6. The van der Waals surface area contributed by atoms with Gasteiger partial charge in [0.1, 0.15) is 11.6 Å². The van der Waals surface area contributed by atoms with Gasteiger partial charge in [0.05, 0.1) is 17.6 Å². The molecular weight excluding hydrogens is 611 g/mol. The molecule has 0 saturated heterocycles. The second-order valence-corrected chi connectivity index (χ2v) is 15.3. The molecule has 0 bridgehead atoms. The lowest BCUT2D eigenvalue weighted by Gasteiger charge is -2.36. The van der Waals surface area contributed by atoms with Gasteiger partial charge in [-0.3, -0.25) is 4.90 Å². The number of fused-ring (bicyclic) bond motifs is 1. The van der Waals surface area contributed by atoms with Gasteiger partial charge in [0.2, 0.25) is 0 Å². The number of nitrogens with zero attached hydrogens (tertiary/aromatic N) is 3. The van der Waals surface area contributed by atoms with Gasteiger partial charge in [0, 0.05) is 41.1 Å². The zero-order valence-corrected chi connectivity index (χ0v) is 30.1. The topological polar surface area (TPSA) is 41.3 Å². The van der Waals surface area contributed by atoms with Gasteiger partial charge in [-0.25, -0.2) is 4.98 Å². The SMILES string of the molecule is CC(C)(c1ccccc1)c1cc(CN(Cc2nc3ccccc3n2Cc2ccccc2)C2CCCCC2)c(O)c(C(C)(C)c2ccccc2)c1. The number of imidazole rings is 1. The van der Waals surface area contributed by atoms with E-state index in [1.807, 2.05) is 0 Å². The third kappa shape index (κ3) is 6.87. The number of hydrogen-bond donors (Lipinski definition) is 1. The monoisotopic (exact) mass is 661 g/mol. The number of hydrogen-bond acceptors (Lipinski definition) is 3. The molecule has 1 aliphatic carbocycles. The maximum absolute atomic E-state index is 12.4. The summed E-state index contributed by atoms with van der Waals surface area (Å²) in [6.07, 6.45) is 6.09. The summed E-state index contributed by atoms with van der Waals surface area (Å²) in [7, 11) is 0. The molecule has 0 aliphatic heterocycles. The van der Waals surface area contributed by atoms with Crippen LogP contribution in [0.5, 0.6) is 5.75 Å². The van der Waals surface area contributed by atoms with E-state index in [-0.39, 0.29) is 5.41 Å². The predicted molar refractivity (Wildman–Crippen MR) is 207 cm³/mol. The van der Waals surface area contributed by atoms with Crippen molar-refractivity contribution < 1.29 is 5.11 Å². The van der Waals surface area contributed by atoms with E-state index in [2.05, 4.69) is 165 Å². The Bertz CT molecular complexity index is 2020. The molecular formula is C46H51N3O. The van der Waals surface area contributed by atoms with Crippen molar-refractivity contribution in [1.29, 1.82) is 0 Å². The second-order valence-electron chi connectivity index (χ2n) is 15.3. The highest BCUT2D eigenvalue weighted by Crippen LogP contribution is 2.43. The van der Waals surface area contributed by atoms with E-state index in [9.17, 15) is 5.11 Å². The highest BCUT2D eigenvalue weighted by molar-refractivity contribution is 5.76. The van der Waals surface area contributed by atoms with Gasteiger partial charge in [-0.05, 0) is 53.3 Å². The minimum Gasteiger partial charge on any atom is -0.507 e. The Kier molecular flexibility index (Phi) is 9.66. The van der Waals surface area contributed by atoms with E-state index in [1.165, 1.54) is 41.5 Å². The van der Waals surface area contributed by atoms with Crippen LogP contribution in [-0.4, -0.2) is 25.6 Å². The van der Waals surface area contributed by atoms with Crippen molar-refractivity contribution in [2.75, 3.05) is 0 Å². The quantitative estimate of drug-likeness (QED) is 0.150. The number of phenols is 1. The zero-order valence-electron chi connectivity index (χ0n) is 30.1. The average molecular weight is 662 g/mol. The molecule has 0 radical (unpaired) electrons. The van der Waals surface area contributed by atoms with Crippen LogP contribution in [0.3, 0.4) is 0 Å². The minimum atomic E-state index is -0.401. The first-order chi connectivity index (χ1) is 24.2. The van der Waals surface area contributed by atoms with Gasteiger partial charge >= 0.3 is 0 Å². The Labute approximate surface area is 298 Å². The number of aromatic nitrogens is 2. The summed E-state index contributed by atoms with van der Waals surface area (Å²) in [5, 5.41) is 12.4. The molecule has 1 aliphatic rings. The third-order valence-corrected chi connectivity index (χ3v) is 11.3. The van der Waals surface area contributed by atoms with Crippen LogP contribution in [0.25, 0.3) is 11.0 Å². The standard InChI is InChI=1S/C46H51N3O/c1-45(2,36-21-11-6-12-22-36)38-29-35(44(50)40(30-38)46(3,4)37-23-13-7-14-24-37)32-48(39-25-15-8-16-26-39)33-43-47-41-27-17-18-28-42(41)49(43)31-34-19-9-5-10-20-34/h5-7,9-14,17-24,27-30,39,50H,8,15-16,25-26,31-33H2,1-4H3. The van der Waals surface area contributed by atoms with E-state index in [0.29, 0.717) is 18.3 Å². The number of rotatable bonds is 11. The van der Waals surface area contributed by atoms with Crippen LogP contribution in [0.1, 0.15) is 99.0 Å². The lowest BCUT2D eigenvalue weighted by molar-refractivity contribution is 0.134. The van der Waals surface area contributed by atoms with Crippen LogP contribution in [0.4, 0.5) is 0 Å². The van der Waals surface area contributed by atoms with Crippen molar-refractivity contribution in [2.45, 2.75) is 96.3 Å². The van der Waals surface area contributed by atoms with E-state index in [1.54, 1.807) is 0 Å². The molecule has 1 fully saturated rings. The Morgan fingerprint density at radius 2 is 1.24 bits per heavy atom. The second kappa shape index (κ2) is 14.3. The fraction of sp³-hybridized carbons (Fsp3) is 0.326. The first-order valence-corrected chi connectivity index (χ1v) is 18.4. The summed E-state index contributed by atoms with van der Waals surface area (Å²) < 4.78 is 2.40. The van der Waals surface area contributed by atoms with Crippen molar-refractivity contribution in [2.24, 2.45) is 0 Å². The van der Waals surface area contributed by atoms with Crippen molar-refractivity contribution >= 4 is 11.0 Å². The first kappa shape index (κ1) is 33.8. The number of phenolic OH excluding ortho intramolecular Hbond substituents is 1. The van der Waals surface area contributed by atoms with Gasteiger partial charge < -0.3 is 9.67 Å². The van der Waals surface area contributed by atoms with Gasteiger partial charge in [-0.2, -0.15) is 0 Å². The molecule has 50 heavy (non-hydrogen) atoms. The molecule has 0 unspecified atom stereocenters. The maximum Gasteiger partial charge on any atom is 0.124 e. The largest absolute Gasteiger partial charge is 0.507 e. The van der Waals surface area contributed by atoms with Crippen LogP contribution in [0.15, 0.2) is 127 Å². The predicted octanol–water partition coefficient (Wildman–Crippen LogP) is 10.8. The highest BCUT2D eigenvalue weighted by atomic mass is 16.3. The van der Waals surface area contributed by atoms with Gasteiger partial charge in [-0.15, -0.1) is 0 Å². The minimum absolute atomic E-state index is 0.259. The molecule has 0 atom stereocenters. The summed E-state index contributed by atoms with van der Waals surface area (Å²) in [4.78, 5) is 7.88. The summed E-state index contributed by atoms with van der Waals surface area (Å²) in [5.74, 6) is 1.48. The number of aromatic hydroxyl groups is 1. The molecule has 1 heterocycles. The highest BCUT2D eigenvalue weighted by Gasteiger charge is 2.33. The molecule has 1 N–H and O–H groups in total. The normalized spacial score (nSPS) is 14.4. The molecule has 4 heteroatoms.